The second-order valence-electron chi connectivity index (χ2n) is 1.97. The van der Waals surface area contributed by atoms with Gasteiger partial charge in [-0.3, -0.25) is 10.9 Å². The first kappa shape index (κ1) is 7.24. The third kappa shape index (κ3) is 3.21. The first-order valence-electron chi connectivity index (χ1n) is 3.38. The lowest BCUT2D eigenvalue weighted by Crippen LogP contribution is -2.21. The summed E-state index contributed by atoms with van der Waals surface area (Å²) in [5, 5.41) is 0. The number of aromatic nitrogens is 2. The first-order valence-corrected chi connectivity index (χ1v) is 3.38. The fourth-order valence-corrected chi connectivity index (χ4v) is 0.657. The lowest BCUT2D eigenvalue weighted by Gasteiger charge is -1.81. The Labute approximate surface area is 60.0 Å². The first-order chi connectivity index (χ1) is 5.00. The summed E-state index contributed by atoms with van der Waals surface area (Å²) in [4.78, 5) is 6.42. The summed E-state index contributed by atoms with van der Waals surface area (Å²) < 4.78 is 0. The molecule has 3 N–H and O–H groups in total. The highest BCUT2D eigenvalue weighted by Crippen LogP contribution is 1.74. The van der Waals surface area contributed by atoms with Crippen LogP contribution in [0.25, 0.3) is 0 Å². The second kappa shape index (κ2) is 4.96. The van der Waals surface area contributed by atoms with Crippen LogP contribution in [-0.2, 0) is 0 Å². The summed E-state index contributed by atoms with van der Waals surface area (Å²) in [6, 6.07) is 0. The highest BCUT2D eigenvalue weighted by molar-refractivity contribution is 4.64. The van der Waals surface area contributed by atoms with Gasteiger partial charge in [-0.1, -0.05) is 0 Å². The summed E-state index contributed by atoms with van der Waals surface area (Å²) in [6.07, 6.45) is 6.36. The van der Waals surface area contributed by atoms with Crippen LogP contribution in [0.2, 0.25) is 0 Å². The minimum absolute atomic E-state index is 1.14. The molecule has 4 heteroatoms. The molecular formula is C6H12N4. The molecule has 1 saturated heterocycles. The molecular weight excluding hydrogens is 128 g/mol. The Morgan fingerprint density at radius 3 is 2.20 bits per heavy atom. The van der Waals surface area contributed by atoms with E-state index >= 15 is 0 Å². The SMILES string of the molecule is C1CNNC1.c1c[nH]cn1. The van der Waals surface area contributed by atoms with Crippen LogP contribution in [0, 0.1) is 0 Å². The molecule has 1 aromatic heterocycles. The zero-order valence-corrected chi connectivity index (χ0v) is 5.80. The van der Waals surface area contributed by atoms with Gasteiger partial charge in [0.2, 0.25) is 0 Å². The van der Waals surface area contributed by atoms with Crippen molar-refractivity contribution in [2.75, 3.05) is 13.1 Å². The maximum Gasteiger partial charge on any atom is 0.0919 e. The molecule has 0 unspecified atom stereocenters. The molecule has 0 radical (unpaired) electrons. The summed E-state index contributed by atoms with van der Waals surface area (Å²) in [5.41, 5.74) is 5.94. The number of rotatable bonds is 0. The second-order valence-corrected chi connectivity index (χ2v) is 1.97. The van der Waals surface area contributed by atoms with E-state index in [2.05, 4.69) is 20.8 Å². The van der Waals surface area contributed by atoms with Gasteiger partial charge in [-0.25, -0.2) is 4.98 Å². The molecule has 1 aliphatic rings. The Morgan fingerprint density at radius 1 is 1.20 bits per heavy atom. The highest BCUT2D eigenvalue weighted by atomic mass is 15.4. The zero-order valence-electron chi connectivity index (χ0n) is 5.80. The average Bonchev–Trinajstić information content (AvgIpc) is 2.67. The van der Waals surface area contributed by atoms with E-state index in [9.17, 15) is 0 Å². The number of hydrogen-bond acceptors (Lipinski definition) is 3. The maximum atomic E-state index is 3.67. The molecule has 1 aliphatic heterocycles. The number of nitrogens with zero attached hydrogens (tertiary/aromatic N) is 1. The van der Waals surface area contributed by atoms with Gasteiger partial charge in [0.1, 0.15) is 0 Å². The van der Waals surface area contributed by atoms with Crippen molar-refractivity contribution in [1.82, 2.24) is 20.8 Å². The summed E-state index contributed by atoms with van der Waals surface area (Å²) in [7, 11) is 0. The number of hydrogen-bond donors (Lipinski definition) is 3. The standard InChI is InChI=1S/C3H4N2.C3H8N2/c1-2-5-3-4-1;1-2-4-5-3-1/h1-3H,(H,4,5);4-5H,1-3H2. The summed E-state index contributed by atoms with van der Waals surface area (Å²) in [5.74, 6) is 0. The fourth-order valence-electron chi connectivity index (χ4n) is 0.657. The lowest BCUT2D eigenvalue weighted by molar-refractivity contribution is 0.689. The molecule has 2 rings (SSSR count). The van der Waals surface area contributed by atoms with Crippen molar-refractivity contribution in [1.29, 1.82) is 0 Å². The fraction of sp³-hybridized carbons (Fsp3) is 0.500. The van der Waals surface area contributed by atoms with E-state index in [0.717, 1.165) is 13.1 Å². The molecule has 0 saturated carbocycles. The molecule has 1 aromatic rings. The van der Waals surface area contributed by atoms with E-state index in [-0.39, 0.29) is 0 Å². The maximum absolute atomic E-state index is 3.67. The van der Waals surface area contributed by atoms with Crippen LogP contribution in [0.1, 0.15) is 6.42 Å². The number of H-pyrrole nitrogens is 1. The van der Waals surface area contributed by atoms with E-state index < -0.39 is 0 Å². The molecule has 0 aliphatic carbocycles. The van der Waals surface area contributed by atoms with Crippen molar-refractivity contribution in [3.05, 3.63) is 18.7 Å². The lowest BCUT2D eigenvalue weighted by atomic mass is 10.5. The molecule has 1 fully saturated rings. The van der Waals surface area contributed by atoms with Gasteiger partial charge in [-0.2, -0.15) is 0 Å². The quantitative estimate of drug-likeness (QED) is 0.471. The molecule has 0 aromatic carbocycles. The van der Waals surface area contributed by atoms with Crippen molar-refractivity contribution < 1.29 is 0 Å². The van der Waals surface area contributed by atoms with Gasteiger partial charge >= 0.3 is 0 Å². The van der Waals surface area contributed by atoms with Crippen molar-refractivity contribution in [3.63, 3.8) is 0 Å². The highest BCUT2D eigenvalue weighted by Gasteiger charge is 1.91. The van der Waals surface area contributed by atoms with Crippen LogP contribution >= 0.6 is 0 Å². The van der Waals surface area contributed by atoms with E-state index in [1.165, 1.54) is 6.42 Å². The van der Waals surface area contributed by atoms with Crippen molar-refractivity contribution in [2.45, 2.75) is 6.42 Å². The van der Waals surface area contributed by atoms with Crippen molar-refractivity contribution in [3.8, 4) is 0 Å². The predicted octanol–water partition coefficient (Wildman–Crippen LogP) is -0.106. The number of imidazole rings is 1. The molecule has 0 amide bonds. The Bertz CT molecular complexity index is 109. The van der Waals surface area contributed by atoms with Crippen LogP contribution in [0.4, 0.5) is 0 Å². The van der Waals surface area contributed by atoms with Gasteiger partial charge in [0.05, 0.1) is 6.33 Å². The summed E-state index contributed by atoms with van der Waals surface area (Å²) in [6.45, 7) is 2.28. The van der Waals surface area contributed by atoms with E-state index in [0.29, 0.717) is 0 Å². The largest absolute Gasteiger partial charge is 0.351 e. The average molecular weight is 140 g/mol. The number of nitrogens with one attached hydrogen (secondary N) is 3. The summed E-state index contributed by atoms with van der Waals surface area (Å²) >= 11 is 0. The van der Waals surface area contributed by atoms with E-state index in [4.69, 9.17) is 0 Å². The van der Waals surface area contributed by atoms with Crippen LogP contribution < -0.4 is 10.9 Å². The van der Waals surface area contributed by atoms with Gasteiger partial charge in [-0.15, -0.1) is 0 Å². The minimum atomic E-state index is 1.14. The normalized spacial score (nSPS) is 16.0. The predicted molar refractivity (Wildman–Crippen MR) is 39.2 cm³/mol. The van der Waals surface area contributed by atoms with Gasteiger partial charge in [0.25, 0.3) is 0 Å². The molecule has 0 bridgehead atoms. The Morgan fingerprint density at radius 2 is 2.00 bits per heavy atom. The van der Waals surface area contributed by atoms with Crippen LogP contribution in [0.5, 0.6) is 0 Å². The van der Waals surface area contributed by atoms with Crippen LogP contribution in [-0.4, -0.2) is 23.1 Å². The third-order valence-corrected chi connectivity index (χ3v) is 1.13. The Hall–Kier alpha value is -0.870. The van der Waals surface area contributed by atoms with E-state index in [1.54, 1.807) is 18.7 Å². The number of hydrazine groups is 1. The zero-order chi connectivity index (χ0) is 7.07. The number of aromatic amines is 1. The molecule has 0 spiro atoms. The van der Waals surface area contributed by atoms with Crippen LogP contribution in [0.15, 0.2) is 18.7 Å². The van der Waals surface area contributed by atoms with Crippen molar-refractivity contribution in [2.24, 2.45) is 0 Å². The molecule has 10 heavy (non-hydrogen) atoms. The smallest absolute Gasteiger partial charge is 0.0919 e. The topological polar surface area (TPSA) is 52.7 Å². The Balaban J connectivity index is 0.0000001000. The Kier molecular flexibility index (Phi) is 3.59. The van der Waals surface area contributed by atoms with Gasteiger partial charge < -0.3 is 4.98 Å². The van der Waals surface area contributed by atoms with Crippen LogP contribution in [0.3, 0.4) is 0 Å². The molecule has 56 valence electrons. The molecule has 4 nitrogen and oxygen atoms in total. The van der Waals surface area contributed by atoms with Gasteiger partial charge in [0, 0.05) is 25.5 Å². The van der Waals surface area contributed by atoms with E-state index in [1.807, 2.05) is 0 Å². The molecule has 2 heterocycles. The van der Waals surface area contributed by atoms with Crippen molar-refractivity contribution >= 4 is 0 Å². The molecule has 0 atom stereocenters. The third-order valence-electron chi connectivity index (χ3n) is 1.13. The minimum Gasteiger partial charge on any atom is -0.351 e. The van der Waals surface area contributed by atoms with Gasteiger partial charge in [-0.05, 0) is 6.42 Å². The monoisotopic (exact) mass is 140 g/mol. The van der Waals surface area contributed by atoms with Gasteiger partial charge in [0.15, 0.2) is 0 Å².